The van der Waals surface area contributed by atoms with Gasteiger partial charge in [0.05, 0.1) is 6.61 Å². The molecule has 1 unspecified atom stereocenters. The van der Waals surface area contributed by atoms with E-state index >= 15 is 0 Å². The number of rotatable bonds is 9. The van der Waals surface area contributed by atoms with Crippen LogP contribution in [0.1, 0.15) is 76.8 Å². The highest BCUT2D eigenvalue weighted by molar-refractivity contribution is 5.86. The van der Waals surface area contributed by atoms with Crippen molar-refractivity contribution in [3.05, 3.63) is 171 Å². The van der Waals surface area contributed by atoms with Crippen LogP contribution in [0.5, 0.6) is 11.5 Å². The average Bonchev–Trinajstić information content (AvgIpc) is 3.56. The first-order chi connectivity index (χ1) is 24.3. The predicted octanol–water partition coefficient (Wildman–Crippen LogP) is 9.81. The van der Waals surface area contributed by atoms with Crippen LogP contribution in [0.15, 0.2) is 121 Å². The molecule has 2 N–H and O–H groups in total. The Hall–Kier alpha value is -4.90. The number of nitrogens with zero attached hydrogens (tertiary/aromatic N) is 1. The van der Waals surface area contributed by atoms with E-state index in [-0.39, 0.29) is 0 Å². The second-order valence-electron chi connectivity index (χ2n) is 14.6. The molecule has 3 aliphatic carbocycles. The van der Waals surface area contributed by atoms with Crippen LogP contribution >= 0.6 is 0 Å². The molecule has 0 amide bonds. The Kier molecular flexibility index (Phi) is 8.05. The molecule has 1 atom stereocenters. The number of para-hydroxylation sites is 1. The molecule has 252 valence electrons. The second kappa shape index (κ2) is 12.5. The molecule has 0 radical (unpaired) electrons. The number of ether oxygens (including phenoxy) is 1. The van der Waals surface area contributed by atoms with Crippen molar-refractivity contribution in [3.8, 4) is 22.6 Å². The van der Waals surface area contributed by atoms with Crippen molar-refractivity contribution in [3.63, 3.8) is 0 Å². The Morgan fingerprint density at radius 1 is 0.660 bits per heavy atom. The van der Waals surface area contributed by atoms with Gasteiger partial charge in [0, 0.05) is 59.8 Å². The maximum atomic E-state index is 12.2. The summed E-state index contributed by atoms with van der Waals surface area (Å²) in [6.45, 7) is 8.81. The number of phenolic OH excluding ortho intramolecular Hbond substituents is 2. The zero-order valence-corrected chi connectivity index (χ0v) is 29.5. The highest BCUT2D eigenvalue weighted by atomic mass is 16.5. The number of aromatic hydroxyl groups is 2. The van der Waals surface area contributed by atoms with E-state index in [4.69, 9.17) is 4.74 Å². The van der Waals surface area contributed by atoms with E-state index in [9.17, 15) is 10.2 Å². The number of fused-ring (bicyclic) bond motifs is 5. The van der Waals surface area contributed by atoms with E-state index in [0.717, 1.165) is 40.7 Å². The minimum absolute atomic E-state index is 0.316. The Morgan fingerprint density at radius 3 is 1.92 bits per heavy atom. The van der Waals surface area contributed by atoms with Gasteiger partial charge in [-0.15, -0.1) is 0 Å². The Balaban J connectivity index is 1.17. The molecule has 0 bridgehead atoms. The molecule has 8 rings (SSSR count). The fraction of sp³-hybridized carbons (Fsp3) is 0.261. The number of methoxy groups -OCH3 is 1. The average molecular weight is 660 g/mol. The summed E-state index contributed by atoms with van der Waals surface area (Å²) in [7, 11) is 1.72. The van der Waals surface area contributed by atoms with Gasteiger partial charge in [0.25, 0.3) is 0 Å². The minimum atomic E-state index is -0.498. The molecule has 50 heavy (non-hydrogen) atoms. The van der Waals surface area contributed by atoms with Gasteiger partial charge in [0.1, 0.15) is 11.5 Å². The minimum Gasteiger partial charge on any atom is -0.507 e. The third-order valence-electron chi connectivity index (χ3n) is 11.7. The summed E-state index contributed by atoms with van der Waals surface area (Å²) < 4.78 is 5.57. The first-order valence-corrected chi connectivity index (χ1v) is 17.8. The highest BCUT2D eigenvalue weighted by Crippen LogP contribution is 2.56. The maximum absolute atomic E-state index is 12.2. The van der Waals surface area contributed by atoms with Crippen molar-refractivity contribution in [1.82, 2.24) is 4.90 Å². The van der Waals surface area contributed by atoms with Crippen molar-refractivity contribution in [2.75, 3.05) is 20.3 Å². The largest absolute Gasteiger partial charge is 0.507 e. The lowest BCUT2D eigenvalue weighted by molar-refractivity contribution is 0.138. The second-order valence-corrected chi connectivity index (χ2v) is 14.6. The quantitative estimate of drug-likeness (QED) is 0.165. The molecule has 3 aliphatic rings. The van der Waals surface area contributed by atoms with Gasteiger partial charge < -0.3 is 14.9 Å². The Morgan fingerprint density at radius 2 is 1.24 bits per heavy atom. The number of hydrogen-bond acceptors (Lipinski definition) is 4. The fourth-order valence-corrected chi connectivity index (χ4v) is 9.17. The van der Waals surface area contributed by atoms with E-state index in [2.05, 4.69) is 135 Å². The zero-order valence-electron chi connectivity index (χ0n) is 29.5. The smallest absolute Gasteiger partial charge is 0.124 e. The number of hydrogen-bond donors (Lipinski definition) is 2. The normalized spacial score (nSPS) is 18.3. The van der Waals surface area contributed by atoms with Crippen LogP contribution in [0.3, 0.4) is 0 Å². The lowest BCUT2D eigenvalue weighted by Gasteiger charge is -2.33. The molecule has 0 aromatic heterocycles. The molecule has 0 aliphatic heterocycles. The molecule has 0 spiro atoms. The first kappa shape index (κ1) is 32.3. The zero-order chi connectivity index (χ0) is 34.6. The standard InChI is InChI=1S/C46H45NO3/c1-30-26-32(44(49)42(27-30)46(3)39-21-11-7-17-35(39)36-18-8-12-22-40(36)46)29-47(24-25-50-4)28-31-14-13-23-41(43(31)48)45(2)37-19-9-5-15-33(37)34-16-6-10-20-38(34)45/h5-7,9-17,19-23,26-27,48-49H,8,18,24-25,28-29H2,1-4H3. The number of benzene rings is 5. The molecule has 5 aromatic rings. The summed E-state index contributed by atoms with van der Waals surface area (Å²) in [6, 6.07) is 36.2. The summed E-state index contributed by atoms with van der Waals surface area (Å²) in [5, 5.41) is 24.3. The van der Waals surface area contributed by atoms with Crippen LogP contribution in [0.25, 0.3) is 16.7 Å². The number of aryl methyl sites for hydroxylation is 1. The van der Waals surface area contributed by atoms with Crippen molar-refractivity contribution < 1.29 is 14.9 Å². The molecule has 0 fully saturated rings. The third-order valence-corrected chi connectivity index (χ3v) is 11.7. The van der Waals surface area contributed by atoms with E-state index in [1.807, 2.05) is 6.07 Å². The lowest BCUT2D eigenvalue weighted by atomic mass is 9.71. The van der Waals surface area contributed by atoms with Gasteiger partial charge >= 0.3 is 0 Å². The van der Waals surface area contributed by atoms with Crippen LogP contribution in [-0.2, 0) is 28.7 Å². The van der Waals surface area contributed by atoms with Gasteiger partial charge in [-0.3, -0.25) is 4.90 Å². The SMILES string of the molecule is COCCN(Cc1cc(C)cc(C2(C)C3=C(CCC=C3)c3ccccc32)c1O)Cc1cccc(C2(C)c3ccccc3-c3ccccc32)c1O. The maximum Gasteiger partial charge on any atom is 0.124 e. The van der Waals surface area contributed by atoms with Crippen molar-refractivity contribution in [2.24, 2.45) is 0 Å². The topological polar surface area (TPSA) is 52.9 Å². The van der Waals surface area contributed by atoms with Crippen LogP contribution in [0.2, 0.25) is 0 Å². The molecule has 5 aromatic carbocycles. The summed E-state index contributed by atoms with van der Waals surface area (Å²) in [6.07, 6.45) is 6.60. The van der Waals surface area contributed by atoms with Gasteiger partial charge in [-0.25, -0.2) is 0 Å². The molecule has 4 heteroatoms. The predicted molar refractivity (Wildman–Crippen MR) is 203 cm³/mol. The lowest BCUT2D eigenvalue weighted by Crippen LogP contribution is -2.28. The van der Waals surface area contributed by atoms with Crippen molar-refractivity contribution in [1.29, 1.82) is 0 Å². The van der Waals surface area contributed by atoms with E-state index < -0.39 is 10.8 Å². The Labute approximate surface area is 296 Å². The fourth-order valence-electron chi connectivity index (χ4n) is 9.17. The van der Waals surface area contributed by atoms with Gasteiger partial charge in [-0.05, 0) is 78.1 Å². The number of phenols is 2. The summed E-state index contributed by atoms with van der Waals surface area (Å²) in [5.74, 6) is 0.657. The molecular formula is C46H45NO3. The van der Waals surface area contributed by atoms with E-state index in [1.165, 1.54) is 44.5 Å². The Bertz CT molecular complexity index is 2150. The van der Waals surface area contributed by atoms with Crippen molar-refractivity contribution >= 4 is 5.57 Å². The van der Waals surface area contributed by atoms with Gasteiger partial charge in [-0.2, -0.15) is 0 Å². The van der Waals surface area contributed by atoms with Gasteiger partial charge in [0.15, 0.2) is 0 Å². The summed E-state index contributed by atoms with van der Waals surface area (Å²) >= 11 is 0. The first-order valence-electron chi connectivity index (χ1n) is 17.8. The highest BCUT2D eigenvalue weighted by Gasteiger charge is 2.44. The van der Waals surface area contributed by atoms with Gasteiger partial charge in [0.2, 0.25) is 0 Å². The van der Waals surface area contributed by atoms with E-state index in [1.54, 1.807) is 7.11 Å². The third kappa shape index (κ3) is 4.88. The molecule has 4 nitrogen and oxygen atoms in total. The van der Waals surface area contributed by atoms with Crippen LogP contribution in [0.4, 0.5) is 0 Å². The molecule has 0 saturated carbocycles. The monoisotopic (exact) mass is 659 g/mol. The van der Waals surface area contributed by atoms with Gasteiger partial charge in [-0.1, -0.05) is 121 Å². The van der Waals surface area contributed by atoms with Crippen LogP contribution in [-0.4, -0.2) is 35.4 Å². The molecule has 0 heterocycles. The summed E-state index contributed by atoms with van der Waals surface area (Å²) in [5.41, 5.74) is 13.8. The van der Waals surface area contributed by atoms with Crippen molar-refractivity contribution in [2.45, 2.75) is 57.5 Å². The molecular weight excluding hydrogens is 615 g/mol. The van der Waals surface area contributed by atoms with E-state index in [0.29, 0.717) is 37.7 Å². The summed E-state index contributed by atoms with van der Waals surface area (Å²) in [4.78, 5) is 2.27. The van der Waals surface area contributed by atoms with Crippen LogP contribution < -0.4 is 0 Å². The van der Waals surface area contributed by atoms with Crippen LogP contribution in [0, 0.1) is 6.92 Å². The molecule has 0 saturated heterocycles. The number of allylic oxidation sites excluding steroid dienone is 4.